The van der Waals surface area contributed by atoms with E-state index in [0.717, 1.165) is 6.54 Å². The first-order valence-electron chi connectivity index (χ1n) is 8.67. The number of hydrogen-bond donors (Lipinski definition) is 0. The summed E-state index contributed by atoms with van der Waals surface area (Å²) in [5, 5.41) is 0. The molecule has 3 nitrogen and oxygen atoms in total. The van der Waals surface area contributed by atoms with E-state index in [4.69, 9.17) is 0 Å². The van der Waals surface area contributed by atoms with Gasteiger partial charge in [-0.2, -0.15) is 0 Å². The Labute approximate surface area is 139 Å². The number of nitrogens with zero attached hydrogens (tertiary/aromatic N) is 3. The maximum atomic E-state index is 4.16. The van der Waals surface area contributed by atoms with Gasteiger partial charge in [0.2, 0.25) is 0 Å². The molecule has 3 heteroatoms. The van der Waals surface area contributed by atoms with Crippen LogP contribution in [0.25, 0.3) is 0 Å². The predicted octanol–water partition coefficient (Wildman–Crippen LogP) is 3.59. The number of aryl methyl sites for hydroxylation is 1. The molecule has 0 amide bonds. The highest BCUT2D eigenvalue weighted by Gasteiger charge is 2.39. The molecule has 4 rings (SSSR count). The molecule has 0 radical (unpaired) electrons. The lowest BCUT2D eigenvalue weighted by Gasteiger charge is -2.29. The molecule has 1 aromatic heterocycles. The van der Waals surface area contributed by atoms with Crippen LogP contribution < -0.4 is 4.90 Å². The molecule has 0 bridgehead atoms. The van der Waals surface area contributed by atoms with Crippen molar-refractivity contribution in [3.63, 3.8) is 0 Å². The second-order valence-electron chi connectivity index (χ2n) is 7.12. The number of rotatable bonds is 2. The van der Waals surface area contributed by atoms with Crippen LogP contribution in [0.4, 0.5) is 5.69 Å². The van der Waals surface area contributed by atoms with Crippen molar-refractivity contribution in [2.24, 2.45) is 0 Å². The summed E-state index contributed by atoms with van der Waals surface area (Å²) in [6.45, 7) is 5.59. The molecule has 2 aromatic rings. The smallest absolute Gasteiger partial charge is 0.0434 e. The maximum Gasteiger partial charge on any atom is 0.0434 e. The molecule has 2 aliphatic heterocycles. The summed E-state index contributed by atoms with van der Waals surface area (Å²) in [7, 11) is 2.27. The van der Waals surface area contributed by atoms with Crippen molar-refractivity contribution in [3.8, 4) is 0 Å². The molecule has 0 saturated carbocycles. The molecular formula is C20H25N3. The number of anilines is 1. The average molecular weight is 307 g/mol. The predicted molar refractivity (Wildman–Crippen MR) is 94.9 cm³/mol. The van der Waals surface area contributed by atoms with Crippen LogP contribution in [0.15, 0.2) is 42.7 Å². The second kappa shape index (κ2) is 5.97. The van der Waals surface area contributed by atoms with Gasteiger partial charge in [0.25, 0.3) is 0 Å². The van der Waals surface area contributed by atoms with Gasteiger partial charge >= 0.3 is 0 Å². The molecule has 0 N–H and O–H groups in total. The van der Waals surface area contributed by atoms with Crippen molar-refractivity contribution in [1.29, 1.82) is 0 Å². The van der Waals surface area contributed by atoms with Crippen LogP contribution >= 0.6 is 0 Å². The number of fused-ring (bicyclic) bond motifs is 3. The number of benzene rings is 1. The van der Waals surface area contributed by atoms with Crippen LogP contribution in [-0.4, -0.2) is 36.1 Å². The summed E-state index contributed by atoms with van der Waals surface area (Å²) in [6, 6.07) is 11.9. The summed E-state index contributed by atoms with van der Waals surface area (Å²) in [4.78, 5) is 9.31. The van der Waals surface area contributed by atoms with Crippen LogP contribution in [0, 0.1) is 6.92 Å². The molecule has 2 aliphatic rings. The summed E-state index contributed by atoms with van der Waals surface area (Å²) in [5.41, 5.74) is 5.72. The minimum absolute atomic E-state index is 0.630. The van der Waals surface area contributed by atoms with E-state index in [1.165, 1.54) is 42.7 Å². The fourth-order valence-electron chi connectivity index (χ4n) is 4.30. The van der Waals surface area contributed by atoms with Crippen molar-refractivity contribution >= 4 is 5.69 Å². The van der Waals surface area contributed by atoms with Gasteiger partial charge in [-0.05, 0) is 62.7 Å². The van der Waals surface area contributed by atoms with Crippen molar-refractivity contribution in [2.45, 2.75) is 38.3 Å². The van der Waals surface area contributed by atoms with Gasteiger partial charge in [-0.15, -0.1) is 0 Å². The molecule has 0 aliphatic carbocycles. The number of likely N-dealkylation sites (tertiary alicyclic amines) is 1. The molecule has 2 atom stereocenters. The van der Waals surface area contributed by atoms with Crippen molar-refractivity contribution in [1.82, 2.24) is 9.88 Å². The first-order chi connectivity index (χ1) is 11.2. The fourth-order valence-corrected chi connectivity index (χ4v) is 4.30. The Kier molecular flexibility index (Phi) is 3.82. The molecular weight excluding hydrogens is 282 g/mol. The van der Waals surface area contributed by atoms with E-state index in [9.17, 15) is 0 Å². The SMILES string of the molecule is Cc1ccc2c(c1)[C@H]1CN(C)CCC[C@@H]1N2Cc1ccncc1. The molecule has 0 spiro atoms. The molecule has 1 fully saturated rings. The van der Waals surface area contributed by atoms with E-state index in [1.54, 1.807) is 5.56 Å². The van der Waals surface area contributed by atoms with Crippen molar-refractivity contribution in [3.05, 3.63) is 59.4 Å². The lowest BCUT2D eigenvalue weighted by molar-refractivity contribution is 0.330. The van der Waals surface area contributed by atoms with Crippen LogP contribution in [0.5, 0.6) is 0 Å². The Morgan fingerprint density at radius 3 is 2.83 bits per heavy atom. The quantitative estimate of drug-likeness (QED) is 0.845. The minimum Gasteiger partial charge on any atom is -0.363 e. The second-order valence-corrected chi connectivity index (χ2v) is 7.12. The molecule has 23 heavy (non-hydrogen) atoms. The Morgan fingerprint density at radius 1 is 1.17 bits per heavy atom. The Balaban J connectivity index is 1.73. The van der Waals surface area contributed by atoms with E-state index in [-0.39, 0.29) is 0 Å². The number of likely N-dealkylation sites (N-methyl/N-ethyl adjacent to an activating group) is 1. The average Bonchev–Trinajstić information content (AvgIpc) is 2.70. The topological polar surface area (TPSA) is 19.4 Å². The zero-order valence-corrected chi connectivity index (χ0v) is 14.1. The first kappa shape index (κ1) is 14.7. The Hall–Kier alpha value is -1.87. The number of hydrogen-bond acceptors (Lipinski definition) is 3. The van der Waals surface area contributed by atoms with Gasteiger partial charge in [-0.25, -0.2) is 0 Å². The Bertz CT molecular complexity index is 683. The number of aromatic nitrogens is 1. The number of pyridine rings is 1. The van der Waals surface area contributed by atoms with Crippen LogP contribution in [-0.2, 0) is 6.54 Å². The van der Waals surface area contributed by atoms with Gasteiger partial charge in [0, 0.05) is 43.1 Å². The zero-order valence-electron chi connectivity index (χ0n) is 14.1. The molecule has 1 saturated heterocycles. The molecule has 0 unspecified atom stereocenters. The van der Waals surface area contributed by atoms with Crippen LogP contribution in [0.2, 0.25) is 0 Å². The van der Waals surface area contributed by atoms with Gasteiger partial charge in [-0.1, -0.05) is 17.7 Å². The van der Waals surface area contributed by atoms with E-state index >= 15 is 0 Å². The van der Waals surface area contributed by atoms with Crippen LogP contribution in [0.3, 0.4) is 0 Å². The van der Waals surface area contributed by atoms with Gasteiger partial charge < -0.3 is 9.80 Å². The molecule has 3 heterocycles. The Morgan fingerprint density at radius 2 is 2.00 bits per heavy atom. The maximum absolute atomic E-state index is 4.16. The zero-order chi connectivity index (χ0) is 15.8. The van der Waals surface area contributed by atoms with Gasteiger partial charge in [0.1, 0.15) is 0 Å². The van der Waals surface area contributed by atoms with Crippen LogP contribution in [0.1, 0.15) is 35.4 Å². The van der Waals surface area contributed by atoms with E-state index < -0.39 is 0 Å². The fraction of sp³-hybridized carbons (Fsp3) is 0.450. The highest BCUT2D eigenvalue weighted by Crippen LogP contribution is 2.45. The van der Waals surface area contributed by atoms with Crippen molar-refractivity contribution < 1.29 is 0 Å². The van der Waals surface area contributed by atoms with E-state index in [1.807, 2.05) is 12.4 Å². The lowest BCUT2D eigenvalue weighted by Crippen LogP contribution is -2.35. The summed E-state index contributed by atoms with van der Waals surface area (Å²) < 4.78 is 0. The molecule has 120 valence electrons. The molecule has 1 aromatic carbocycles. The normalized spacial score (nSPS) is 24.2. The first-order valence-corrected chi connectivity index (χ1v) is 8.67. The summed E-state index contributed by atoms with van der Waals surface area (Å²) >= 11 is 0. The van der Waals surface area contributed by atoms with E-state index in [2.05, 4.69) is 59.1 Å². The summed E-state index contributed by atoms with van der Waals surface area (Å²) in [6.07, 6.45) is 6.38. The van der Waals surface area contributed by atoms with Gasteiger partial charge in [0.15, 0.2) is 0 Å². The standard InChI is InChI=1S/C20H25N3/c1-15-5-6-20-17(12-15)18-14-22(2)11-3-4-19(18)23(20)13-16-7-9-21-10-8-16/h5-10,12,18-19H,3-4,11,13-14H2,1-2H3/t18-,19+/m1/s1. The largest absolute Gasteiger partial charge is 0.363 e. The highest BCUT2D eigenvalue weighted by atomic mass is 15.2. The minimum atomic E-state index is 0.630. The van der Waals surface area contributed by atoms with Crippen molar-refractivity contribution in [2.75, 3.05) is 25.0 Å². The highest BCUT2D eigenvalue weighted by molar-refractivity contribution is 5.63. The summed E-state index contributed by atoms with van der Waals surface area (Å²) in [5.74, 6) is 0.638. The third-order valence-electron chi connectivity index (χ3n) is 5.41. The lowest BCUT2D eigenvalue weighted by atomic mass is 9.92. The third kappa shape index (κ3) is 2.74. The third-order valence-corrected chi connectivity index (χ3v) is 5.41. The van der Waals surface area contributed by atoms with E-state index in [0.29, 0.717) is 12.0 Å². The monoisotopic (exact) mass is 307 g/mol. The van der Waals surface area contributed by atoms with Gasteiger partial charge in [0.05, 0.1) is 0 Å². The van der Waals surface area contributed by atoms with Gasteiger partial charge in [-0.3, -0.25) is 4.98 Å².